The number of nitrogens with one attached hydrogen (secondary N) is 1. The Labute approximate surface area is 171 Å². The van der Waals surface area contributed by atoms with E-state index in [1.54, 1.807) is 43.1 Å². The highest BCUT2D eigenvalue weighted by Gasteiger charge is 2.29. The zero-order valence-electron chi connectivity index (χ0n) is 17.3. The molecule has 0 aliphatic carbocycles. The number of piperidine rings is 1. The van der Waals surface area contributed by atoms with E-state index < -0.39 is 0 Å². The lowest BCUT2D eigenvalue weighted by Gasteiger charge is -2.32. The number of carbonyl (C=O) groups is 4. The first-order valence-electron chi connectivity index (χ1n) is 9.85. The predicted molar refractivity (Wildman–Crippen MR) is 107 cm³/mol. The standard InChI is InChI=1S/C21H29N3O5/c1-4-29-21(28)18-9-11-24(12-10-18)19(26)14-23(3)20(27)17-7-5-16(6-8-17)13-22-15(2)25/h5-8,18H,4,9-14H2,1-3H3,(H,22,25). The number of nitrogens with zero attached hydrogens (tertiary/aromatic N) is 2. The van der Waals surface area contributed by atoms with Crippen molar-refractivity contribution in [3.05, 3.63) is 35.4 Å². The van der Waals surface area contributed by atoms with Gasteiger partial charge in [-0.2, -0.15) is 0 Å². The highest BCUT2D eigenvalue weighted by Crippen LogP contribution is 2.19. The second-order valence-electron chi connectivity index (χ2n) is 7.17. The van der Waals surface area contributed by atoms with Gasteiger partial charge in [-0.1, -0.05) is 12.1 Å². The van der Waals surface area contributed by atoms with Gasteiger partial charge in [0.05, 0.1) is 19.1 Å². The van der Waals surface area contributed by atoms with Crippen molar-refractivity contribution < 1.29 is 23.9 Å². The molecule has 0 aromatic heterocycles. The molecule has 1 aliphatic heterocycles. The van der Waals surface area contributed by atoms with E-state index in [2.05, 4.69) is 5.32 Å². The van der Waals surface area contributed by atoms with Gasteiger partial charge in [0.25, 0.3) is 5.91 Å². The number of ether oxygens (including phenoxy) is 1. The summed E-state index contributed by atoms with van der Waals surface area (Å²) < 4.78 is 5.04. The first-order chi connectivity index (χ1) is 13.8. The van der Waals surface area contributed by atoms with Crippen LogP contribution in [0.25, 0.3) is 0 Å². The van der Waals surface area contributed by atoms with Crippen LogP contribution in [-0.4, -0.2) is 66.8 Å². The van der Waals surface area contributed by atoms with Crippen molar-refractivity contribution in [1.82, 2.24) is 15.1 Å². The maximum Gasteiger partial charge on any atom is 0.309 e. The molecule has 1 aromatic carbocycles. The largest absolute Gasteiger partial charge is 0.466 e. The molecule has 0 atom stereocenters. The summed E-state index contributed by atoms with van der Waals surface area (Å²) in [6.45, 7) is 4.95. The van der Waals surface area contributed by atoms with Crippen molar-refractivity contribution >= 4 is 23.7 Å². The van der Waals surface area contributed by atoms with Crippen LogP contribution in [0.4, 0.5) is 0 Å². The Morgan fingerprint density at radius 2 is 1.76 bits per heavy atom. The Morgan fingerprint density at radius 1 is 1.14 bits per heavy atom. The third-order valence-electron chi connectivity index (χ3n) is 4.93. The summed E-state index contributed by atoms with van der Waals surface area (Å²) in [4.78, 5) is 50.9. The maximum absolute atomic E-state index is 12.6. The van der Waals surface area contributed by atoms with Gasteiger partial charge in [-0.05, 0) is 37.5 Å². The van der Waals surface area contributed by atoms with Crippen LogP contribution in [-0.2, 0) is 25.7 Å². The summed E-state index contributed by atoms with van der Waals surface area (Å²) in [7, 11) is 1.59. The van der Waals surface area contributed by atoms with Gasteiger partial charge < -0.3 is 19.9 Å². The van der Waals surface area contributed by atoms with Crippen molar-refractivity contribution in [2.24, 2.45) is 5.92 Å². The van der Waals surface area contributed by atoms with Gasteiger partial charge in [0, 0.05) is 39.2 Å². The second-order valence-corrected chi connectivity index (χ2v) is 7.17. The molecular weight excluding hydrogens is 374 g/mol. The molecule has 158 valence electrons. The number of likely N-dealkylation sites (tertiary alicyclic amines) is 1. The van der Waals surface area contributed by atoms with Crippen LogP contribution in [0.15, 0.2) is 24.3 Å². The van der Waals surface area contributed by atoms with Gasteiger partial charge in [0.2, 0.25) is 11.8 Å². The average molecular weight is 403 g/mol. The number of rotatable bonds is 7. The summed E-state index contributed by atoms with van der Waals surface area (Å²) in [5, 5.41) is 2.70. The molecule has 1 saturated heterocycles. The zero-order chi connectivity index (χ0) is 21.4. The highest BCUT2D eigenvalue weighted by atomic mass is 16.5. The van der Waals surface area contributed by atoms with Crippen LogP contribution in [0.3, 0.4) is 0 Å². The molecule has 1 heterocycles. The number of amides is 3. The molecule has 8 heteroatoms. The fourth-order valence-electron chi connectivity index (χ4n) is 3.21. The highest BCUT2D eigenvalue weighted by molar-refractivity contribution is 5.96. The average Bonchev–Trinajstić information content (AvgIpc) is 2.72. The molecule has 1 N–H and O–H groups in total. The molecule has 0 saturated carbocycles. The monoisotopic (exact) mass is 403 g/mol. The summed E-state index contributed by atoms with van der Waals surface area (Å²) in [5.41, 5.74) is 1.37. The summed E-state index contributed by atoms with van der Waals surface area (Å²) in [5.74, 6) is -0.853. The zero-order valence-corrected chi connectivity index (χ0v) is 17.3. The van der Waals surface area contributed by atoms with Crippen LogP contribution in [0.5, 0.6) is 0 Å². The van der Waals surface area contributed by atoms with Gasteiger partial charge in [-0.15, -0.1) is 0 Å². The summed E-state index contributed by atoms with van der Waals surface area (Å²) >= 11 is 0. The minimum atomic E-state index is -0.245. The van der Waals surface area contributed by atoms with Crippen molar-refractivity contribution in [3.8, 4) is 0 Å². The Bertz CT molecular complexity index is 739. The molecule has 3 amide bonds. The van der Waals surface area contributed by atoms with Crippen LogP contribution in [0.2, 0.25) is 0 Å². The van der Waals surface area contributed by atoms with Crippen LogP contribution >= 0.6 is 0 Å². The van der Waals surface area contributed by atoms with E-state index in [0.717, 1.165) is 5.56 Å². The fraction of sp³-hybridized carbons (Fsp3) is 0.524. The summed E-state index contributed by atoms with van der Waals surface area (Å²) in [6.07, 6.45) is 1.16. The van der Waals surface area contributed by atoms with E-state index in [4.69, 9.17) is 4.74 Å². The Hall–Kier alpha value is -2.90. The molecule has 1 fully saturated rings. The third kappa shape index (κ3) is 6.58. The molecule has 1 aromatic rings. The fourth-order valence-corrected chi connectivity index (χ4v) is 3.21. The van der Waals surface area contributed by atoms with Gasteiger partial charge in [-0.3, -0.25) is 19.2 Å². The number of hydrogen-bond acceptors (Lipinski definition) is 5. The van der Waals surface area contributed by atoms with E-state index >= 15 is 0 Å². The Kier molecular flexibility index (Phi) is 8.18. The third-order valence-corrected chi connectivity index (χ3v) is 4.93. The number of esters is 1. The molecule has 29 heavy (non-hydrogen) atoms. The topological polar surface area (TPSA) is 96.0 Å². The Morgan fingerprint density at radius 3 is 2.31 bits per heavy atom. The number of carbonyl (C=O) groups excluding carboxylic acids is 4. The quantitative estimate of drug-likeness (QED) is 0.690. The van der Waals surface area contributed by atoms with Gasteiger partial charge in [-0.25, -0.2) is 0 Å². The van der Waals surface area contributed by atoms with Gasteiger partial charge in [0.1, 0.15) is 0 Å². The van der Waals surface area contributed by atoms with Crippen molar-refractivity contribution in [2.45, 2.75) is 33.2 Å². The SMILES string of the molecule is CCOC(=O)C1CCN(C(=O)CN(C)C(=O)c2ccc(CNC(C)=O)cc2)CC1. The molecule has 0 radical (unpaired) electrons. The van der Waals surface area contributed by atoms with Crippen molar-refractivity contribution in [3.63, 3.8) is 0 Å². The minimum Gasteiger partial charge on any atom is -0.466 e. The summed E-state index contributed by atoms with van der Waals surface area (Å²) in [6, 6.07) is 6.93. The lowest BCUT2D eigenvalue weighted by molar-refractivity contribution is -0.151. The first kappa shape index (κ1) is 22.4. The minimum absolute atomic E-state index is 0.0173. The molecule has 0 bridgehead atoms. The van der Waals surface area contributed by atoms with E-state index in [1.165, 1.54) is 11.8 Å². The molecule has 2 rings (SSSR count). The molecule has 0 spiro atoms. The van der Waals surface area contributed by atoms with E-state index in [0.29, 0.717) is 44.6 Å². The van der Waals surface area contributed by atoms with Gasteiger partial charge >= 0.3 is 5.97 Å². The molecule has 8 nitrogen and oxygen atoms in total. The maximum atomic E-state index is 12.6. The number of likely N-dealkylation sites (N-methyl/N-ethyl adjacent to an activating group) is 1. The second kappa shape index (κ2) is 10.6. The Balaban J connectivity index is 1.84. The van der Waals surface area contributed by atoms with Crippen molar-refractivity contribution in [2.75, 3.05) is 33.3 Å². The van der Waals surface area contributed by atoms with E-state index in [9.17, 15) is 19.2 Å². The van der Waals surface area contributed by atoms with Gasteiger partial charge in [0.15, 0.2) is 0 Å². The van der Waals surface area contributed by atoms with E-state index in [1.807, 2.05) is 0 Å². The number of benzene rings is 1. The van der Waals surface area contributed by atoms with Crippen LogP contribution in [0.1, 0.15) is 42.6 Å². The number of hydrogen-bond donors (Lipinski definition) is 1. The molecule has 1 aliphatic rings. The smallest absolute Gasteiger partial charge is 0.309 e. The lowest BCUT2D eigenvalue weighted by atomic mass is 9.97. The molecular formula is C21H29N3O5. The molecule has 0 unspecified atom stereocenters. The normalized spacial score (nSPS) is 14.2. The first-order valence-corrected chi connectivity index (χ1v) is 9.85. The predicted octanol–water partition coefficient (Wildman–Crippen LogP) is 1.20. The van der Waals surface area contributed by atoms with E-state index in [-0.39, 0.29) is 36.2 Å². The van der Waals surface area contributed by atoms with Crippen LogP contribution < -0.4 is 5.32 Å². The van der Waals surface area contributed by atoms with Crippen LogP contribution in [0, 0.1) is 5.92 Å². The lowest BCUT2D eigenvalue weighted by Crippen LogP contribution is -2.45. The van der Waals surface area contributed by atoms with Crippen molar-refractivity contribution in [1.29, 1.82) is 0 Å².